The highest BCUT2D eigenvalue weighted by Crippen LogP contribution is 2.38. The van der Waals surface area contributed by atoms with Crippen LogP contribution in [0.1, 0.15) is 28.7 Å². The van der Waals surface area contributed by atoms with E-state index in [1.807, 2.05) is 66.7 Å². The van der Waals surface area contributed by atoms with Gasteiger partial charge in [-0.1, -0.05) is 91.0 Å². The third-order valence-electron chi connectivity index (χ3n) is 6.48. The first-order chi connectivity index (χ1) is 15.7. The molecule has 5 nitrogen and oxygen atoms in total. The van der Waals surface area contributed by atoms with Crippen LogP contribution in [0.2, 0.25) is 0 Å². The largest absolute Gasteiger partial charge is 0.446 e. The number of carbonyl (C=O) groups excluding carboxylic acids is 2. The summed E-state index contributed by atoms with van der Waals surface area (Å²) in [5, 5.41) is 0. The van der Waals surface area contributed by atoms with Crippen molar-refractivity contribution in [1.29, 1.82) is 0 Å². The van der Waals surface area contributed by atoms with E-state index in [4.69, 9.17) is 4.74 Å². The van der Waals surface area contributed by atoms with Crippen LogP contribution in [-0.2, 0) is 16.1 Å². The highest BCUT2D eigenvalue weighted by atomic mass is 16.6. The van der Waals surface area contributed by atoms with E-state index in [1.165, 1.54) is 10.5 Å². The smallest absolute Gasteiger partial charge is 0.417 e. The van der Waals surface area contributed by atoms with Crippen LogP contribution in [0, 0.1) is 5.92 Å². The maximum absolute atomic E-state index is 13.8. The molecule has 0 aromatic heterocycles. The van der Waals surface area contributed by atoms with Crippen molar-refractivity contribution in [3.8, 4) is 0 Å². The summed E-state index contributed by atoms with van der Waals surface area (Å²) in [6.07, 6.45) is -0.544. The van der Waals surface area contributed by atoms with Gasteiger partial charge in [-0.05, 0) is 16.7 Å². The fraction of sp³-hybridized carbons (Fsp3) is 0.259. The summed E-state index contributed by atoms with van der Waals surface area (Å²) >= 11 is 0. The molecule has 2 fully saturated rings. The number of benzene rings is 3. The second-order valence-corrected chi connectivity index (χ2v) is 8.51. The second-order valence-electron chi connectivity index (χ2n) is 8.51. The van der Waals surface area contributed by atoms with Gasteiger partial charge in [0.05, 0.1) is 5.92 Å². The standard InChI is InChI=1S/C27H26N2O3/c30-26(29-25(19-32-27(29)31)22-14-8-3-9-15-22)24-18-28(16-20-10-4-1-5-11-20)17-23(24)21-12-6-2-7-13-21/h1-15,23-25H,16-19H2. The van der Waals surface area contributed by atoms with Gasteiger partial charge in [0.1, 0.15) is 12.6 Å². The zero-order chi connectivity index (χ0) is 21.9. The van der Waals surface area contributed by atoms with Crippen molar-refractivity contribution in [2.24, 2.45) is 5.92 Å². The molecule has 162 valence electrons. The zero-order valence-electron chi connectivity index (χ0n) is 17.8. The van der Waals surface area contributed by atoms with Crippen LogP contribution < -0.4 is 0 Å². The summed E-state index contributed by atoms with van der Waals surface area (Å²) in [5.74, 6) is -0.430. The summed E-state index contributed by atoms with van der Waals surface area (Å²) in [7, 11) is 0. The average molecular weight is 427 g/mol. The van der Waals surface area contributed by atoms with E-state index in [0.29, 0.717) is 6.54 Å². The van der Waals surface area contributed by atoms with Crippen LogP contribution in [-0.4, -0.2) is 41.5 Å². The van der Waals surface area contributed by atoms with Gasteiger partial charge in [0.15, 0.2) is 0 Å². The summed E-state index contributed by atoms with van der Waals surface area (Å²) in [6, 6.07) is 29.7. The lowest BCUT2D eigenvalue weighted by Gasteiger charge is -2.26. The maximum Gasteiger partial charge on any atom is 0.417 e. The summed E-state index contributed by atoms with van der Waals surface area (Å²) in [4.78, 5) is 30.1. The fourth-order valence-electron chi connectivity index (χ4n) is 4.91. The van der Waals surface area contributed by atoms with Gasteiger partial charge in [0.25, 0.3) is 0 Å². The molecule has 3 unspecified atom stereocenters. The number of imide groups is 1. The van der Waals surface area contributed by atoms with Crippen LogP contribution in [0.5, 0.6) is 0 Å². The molecule has 5 heteroatoms. The predicted molar refractivity (Wildman–Crippen MR) is 122 cm³/mol. The van der Waals surface area contributed by atoms with E-state index < -0.39 is 6.09 Å². The molecule has 2 aliphatic rings. The van der Waals surface area contributed by atoms with Crippen LogP contribution in [0.3, 0.4) is 0 Å². The molecule has 2 aliphatic heterocycles. The molecule has 3 atom stereocenters. The van der Waals surface area contributed by atoms with Crippen LogP contribution in [0.25, 0.3) is 0 Å². The third-order valence-corrected chi connectivity index (χ3v) is 6.48. The summed E-state index contributed by atoms with van der Waals surface area (Å²) in [6.45, 7) is 2.36. The minimum Gasteiger partial charge on any atom is -0.446 e. The van der Waals surface area contributed by atoms with E-state index in [2.05, 4.69) is 29.2 Å². The molecule has 0 spiro atoms. The van der Waals surface area contributed by atoms with Crippen LogP contribution in [0.15, 0.2) is 91.0 Å². The normalized spacial score (nSPS) is 23.3. The topological polar surface area (TPSA) is 49.9 Å². The van der Waals surface area contributed by atoms with E-state index in [0.717, 1.165) is 24.2 Å². The predicted octanol–water partition coefficient (Wildman–Crippen LogP) is 4.62. The van der Waals surface area contributed by atoms with Crippen molar-refractivity contribution in [3.05, 3.63) is 108 Å². The Hall–Kier alpha value is -3.44. The molecule has 0 aliphatic carbocycles. The molecular formula is C27H26N2O3. The Kier molecular flexibility index (Phi) is 5.73. The fourth-order valence-corrected chi connectivity index (χ4v) is 4.91. The van der Waals surface area contributed by atoms with Crippen molar-refractivity contribution in [1.82, 2.24) is 9.80 Å². The van der Waals surface area contributed by atoms with Gasteiger partial charge in [-0.2, -0.15) is 0 Å². The monoisotopic (exact) mass is 426 g/mol. The van der Waals surface area contributed by atoms with Gasteiger partial charge < -0.3 is 4.74 Å². The highest BCUT2D eigenvalue weighted by Gasteiger charge is 2.47. The Balaban J connectivity index is 1.43. The van der Waals surface area contributed by atoms with Gasteiger partial charge >= 0.3 is 6.09 Å². The first-order valence-corrected chi connectivity index (χ1v) is 11.1. The second kappa shape index (κ2) is 8.97. The SMILES string of the molecule is O=C1OCC(c2ccccc2)N1C(=O)C1CN(Cc2ccccc2)CC1c1ccccc1. The lowest BCUT2D eigenvalue weighted by Crippen LogP contribution is -2.41. The molecular weight excluding hydrogens is 400 g/mol. The summed E-state index contributed by atoms with van der Waals surface area (Å²) in [5.41, 5.74) is 3.27. The molecule has 3 aromatic rings. The number of likely N-dealkylation sites (tertiary alicyclic amines) is 1. The molecule has 0 saturated carbocycles. The van der Waals surface area contributed by atoms with Crippen molar-refractivity contribution in [3.63, 3.8) is 0 Å². The molecule has 2 heterocycles. The molecule has 0 N–H and O–H groups in total. The Morgan fingerprint density at radius 2 is 1.41 bits per heavy atom. The van der Waals surface area contributed by atoms with Crippen LogP contribution in [0.4, 0.5) is 4.79 Å². The summed E-state index contributed by atoms with van der Waals surface area (Å²) < 4.78 is 5.33. The average Bonchev–Trinajstić information content (AvgIpc) is 3.44. The number of nitrogens with zero attached hydrogens (tertiary/aromatic N) is 2. The molecule has 0 radical (unpaired) electrons. The Labute approximate surface area is 188 Å². The third kappa shape index (κ3) is 4.04. The van der Waals surface area contributed by atoms with Gasteiger partial charge in [-0.3, -0.25) is 9.69 Å². The molecule has 5 rings (SSSR count). The first kappa shape index (κ1) is 20.5. The minimum absolute atomic E-state index is 0.0252. The van der Waals surface area contributed by atoms with E-state index in [-0.39, 0.29) is 30.4 Å². The maximum atomic E-state index is 13.8. The van der Waals surface area contributed by atoms with E-state index in [1.54, 1.807) is 0 Å². The Morgan fingerprint density at radius 3 is 2.06 bits per heavy atom. The molecule has 3 aromatic carbocycles. The number of hydrogen-bond acceptors (Lipinski definition) is 4. The quantitative estimate of drug-likeness (QED) is 0.597. The van der Waals surface area contributed by atoms with Gasteiger partial charge in [0, 0.05) is 25.6 Å². The van der Waals surface area contributed by atoms with E-state index in [9.17, 15) is 9.59 Å². The first-order valence-electron chi connectivity index (χ1n) is 11.1. The van der Waals surface area contributed by atoms with Crippen molar-refractivity contribution < 1.29 is 14.3 Å². The number of cyclic esters (lactones) is 1. The van der Waals surface area contributed by atoms with Crippen molar-refractivity contribution in [2.45, 2.75) is 18.5 Å². The molecule has 2 amide bonds. The number of rotatable bonds is 5. The molecule has 0 bridgehead atoms. The number of carbonyl (C=O) groups is 2. The Morgan fingerprint density at radius 1 is 0.812 bits per heavy atom. The van der Waals surface area contributed by atoms with Gasteiger partial charge in [-0.15, -0.1) is 0 Å². The lowest BCUT2D eigenvalue weighted by molar-refractivity contribution is -0.133. The lowest BCUT2D eigenvalue weighted by atomic mass is 9.87. The molecule has 2 saturated heterocycles. The van der Waals surface area contributed by atoms with Gasteiger partial charge in [0.2, 0.25) is 5.91 Å². The van der Waals surface area contributed by atoms with Crippen molar-refractivity contribution >= 4 is 12.0 Å². The zero-order valence-corrected chi connectivity index (χ0v) is 17.8. The van der Waals surface area contributed by atoms with Gasteiger partial charge in [-0.25, -0.2) is 9.69 Å². The van der Waals surface area contributed by atoms with Crippen LogP contribution >= 0.6 is 0 Å². The Bertz CT molecular complexity index is 1070. The molecule has 32 heavy (non-hydrogen) atoms. The van der Waals surface area contributed by atoms with E-state index >= 15 is 0 Å². The number of hydrogen-bond donors (Lipinski definition) is 0. The number of amides is 2. The number of ether oxygens (including phenoxy) is 1. The highest BCUT2D eigenvalue weighted by molar-refractivity contribution is 5.95. The minimum atomic E-state index is -0.544. The van der Waals surface area contributed by atoms with Crippen molar-refractivity contribution in [2.75, 3.05) is 19.7 Å².